The minimum Gasteiger partial charge on any atom is -0.383 e. The van der Waals surface area contributed by atoms with Gasteiger partial charge in [-0.05, 0) is 12.5 Å². The van der Waals surface area contributed by atoms with Crippen LogP contribution in [0.3, 0.4) is 0 Å². The van der Waals surface area contributed by atoms with Crippen LogP contribution in [-0.4, -0.2) is 28.1 Å². The molecular formula is C15H22N4O2. The van der Waals surface area contributed by atoms with E-state index in [2.05, 4.69) is 17.3 Å². The third-order valence-electron chi connectivity index (χ3n) is 3.16. The first-order chi connectivity index (χ1) is 10.2. The Hall–Kier alpha value is -2.08. The summed E-state index contributed by atoms with van der Waals surface area (Å²) in [5.41, 5.74) is 2.01. The van der Waals surface area contributed by atoms with Gasteiger partial charge in [-0.25, -0.2) is 0 Å². The van der Waals surface area contributed by atoms with Crippen LogP contribution in [0, 0.1) is 0 Å². The maximum absolute atomic E-state index is 11.7. The quantitative estimate of drug-likeness (QED) is 0.804. The van der Waals surface area contributed by atoms with Gasteiger partial charge in [0.15, 0.2) is 0 Å². The molecule has 0 saturated carbocycles. The summed E-state index contributed by atoms with van der Waals surface area (Å²) in [7, 11) is 1.63. The number of ether oxygens (including phenoxy) is 1. The Bertz CT molecular complexity index is 618. The van der Waals surface area contributed by atoms with Gasteiger partial charge in [0, 0.05) is 50.8 Å². The molecule has 1 N–H and O–H groups in total. The highest BCUT2D eigenvalue weighted by Crippen LogP contribution is 2.07. The second-order valence-corrected chi connectivity index (χ2v) is 4.91. The smallest absolute Gasteiger partial charge is 0.250 e. The molecule has 0 aliphatic heterocycles. The van der Waals surface area contributed by atoms with E-state index in [9.17, 15) is 4.79 Å². The Morgan fingerprint density at radius 2 is 2.14 bits per heavy atom. The molecule has 0 unspecified atom stereocenters. The van der Waals surface area contributed by atoms with Crippen molar-refractivity contribution in [2.24, 2.45) is 0 Å². The Kier molecular flexibility index (Phi) is 5.57. The van der Waals surface area contributed by atoms with Crippen molar-refractivity contribution < 1.29 is 4.74 Å². The summed E-state index contributed by atoms with van der Waals surface area (Å²) in [5, 5.41) is 7.60. The fourth-order valence-corrected chi connectivity index (χ4v) is 2.05. The summed E-state index contributed by atoms with van der Waals surface area (Å²) in [6.45, 7) is 4.82. The van der Waals surface area contributed by atoms with Crippen molar-refractivity contribution in [1.82, 2.24) is 14.3 Å². The predicted molar refractivity (Wildman–Crippen MR) is 82.4 cm³/mol. The zero-order chi connectivity index (χ0) is 15.1. The van der Waals surface area contributed by atoms with E-state index >= 15 is 0 Å². The monoisotopic (exact) mass is 290 g/mol. The minimum absolute atomic E-state index is 0.0200. The van der Waals surface area contributed by atoms with Crippen LogP contribution in [0.1, 0.15) is 18.9 Å². The third-order valence-corrected chi connectivity index (χ3v) is 3.16. The molecule has 21 heavy (non-hydrogen) atoms. The second-order valence-electron chi connectivity index (χ2n) is 4.91. The summed E-state index contributed by atoms with van der Waals surface area (Å²) < 4.78 is 8.59. The molecule has 114 valence electrons. The molecule has 0 saturated heterocycles. The molecule has 0 aliphatic rings. The average Bonchev–Trinajstić information content (AvgIpc) is 2.93. The number of hydrogen-bond donors (Lipinski definition) is 1. The number of methoxy groups -OCH3 is 1. The van der Waals surface area contributed by atoms with Crippen molar-refractivity contribution in [2.75, 3.05) is 19.0 Å². The molecule has 2 aromatic rings. The van der Waals surface area contributed by atoms with Gasteiger partial charge < -0.3 is 14.6 Å². The molecule has 0 fully saturated rings. The van der Waals surface area contributed by atoms with Crippen LogP contribution in [0.2, 0.25) is 0 Å². The van der Waals surface area contributed by atoms with Gasteiger partial charge in [-0.2, -0.15) is 5.10 Å². The Labute approximate surface area is 124 Å². The van der Waals surface area contributed by atoms with Gasteiger partial charge in [-0.3, -0.25) is 9.48 Å². The largest absolute Gasteiger partial charge is 0.383 e. The zero-order valence-corrected chi connectivity index (χ0v) is 12.6. The summed E-state index contributed by atoms with van der Waals surface area (Å²) in [4.78, 5) is 11.7. The highest BCUT2D eigenvalue weighted by Gasteiger charge is 2.01. The molecule has 2 heterocycles. The number of pyridine rings is 1. The van der Waals surface area contributed by atoms with Crippen LogP contribution >= 0.6 is 0 Å². The molecule has 0 atom stereocenters. The van der Waals surface area contributed by atoms with Crippen molar-refractivity contribution >= 4 is 5.69 Å². The summed E-state index contributed by atoms with van der Waals surface area (Å²) in [5.74, 6) is 0. The average molecular weight is 290 g/mol. The lowest BCUT2D eigenvalue weighted by Crippen LogP contribution is -2.21. The summed E-state index contributed by atoms with van der Waals surface area (Å²) in [6.07, 6.45) is 6.79. The fourth-order valence-electron chi connectivity index (χ4n) is 2.05. The van der Waals surface area contributed by atoms with Crippen LogP contribution in [0.25, 0.3) is 0 Å². The van der Waals surface area contributed by atoms with Crippen molar-refractivity contribution in [3.63, 3.8) is 0 Å². The topological polar surface area (TPSA) is 61.1 Å². The number of aryl methyl sites for hydroxylation is 1. The number of anilines is 1. The first-order valence-corrected chi connectivity index (χ1v) is 7.17. The van der Waals surface area contributed by atoms with E-state index in [0.717, 1.165) is 24.2 Å². The Morgan fingerprint density at radius 3 is 2.90 bits per heavy atom. The molecule has 0 aliphatic carbocycles. The highest BCUT2D eigenvalue weighted by atomic mass is 16.5. The molecule has 0 radical (unpaired) electrons. The molecule has 0 bridgehead atoms. The summed E-state index contributed by atoms with van der Waals surface area (Å²) in [6, 6.07) is 3.36. The Balaban J connectivity index is 1.97. The Morgan fingerprint density at radius 1 is 1.29 bits per heavy atom. The first kappa shape index (κ1) is 15.3. The van der Waals surface area contributed by atoms with Gasteiger partial charge in [0.2, 0.25) is 0 Å². The van der Waals surface area contributed by atoms with Crippen molar-refractivity contribution in [3.05, 3.63) is 46.6 Å². The number of nitrogens with one attached hydrogen (secondary N) is 1. The van der Waals surface area contributed by atoms with Crippen LogP contribution in [0.4, 0.5) is 5.69 Å². The van der Waals surface area contributed by atoms with Crippen LogP contribution < -0.4 is 10.9 Å². The fraction of sp³-hybridized carbons (Fsp3) is 0.467. The maximum Gasteiger partial charge on any atom is 0.250 e. The third kappa shape index (κ3) is 4.46. The maximum atomic E-state index is 11.7. The molecule has 2 rings (SSSR count). The van der Waals surface area contributed by atoms with Crippen LogP contribution in [0.5, 0.6) is 0 Å². The molecule has 6 nitrogen and oxygen atoms in total. The minimum atomic E-state index is -0.0200. The van der Waals surface area contributed by atoms with E-state index in [-0.39, 0.29) is 5.56 Å². The van der Waals surface area contributed by atoms with Gasteiger partial charge in [-0.15, -0.1) is 0 Å². The SMILES string of the molecule is CCCn1cc(CNc2ccc(=O)n(CCOC)c2)cn1. The number of hydrogen-bond acceptors (Lipinski definition) is 4. The van der Waals surface area contributed by atoms with E-state index in [4.69, 9.17) is 4.74 Å². The van der Waals surface area contributed by atoms with Crippen molar-refractivity contribution in [2.45, 2.75) is 33.0 Å². The van der Waals surface area contributed by atoms with E-state index in [0.29, 0.717) is 19.7 Å². The molecular weight excluding hydrogens is 268 g/mol. The van der Waals surface area contributed by atoms with Gasteiger partial charge in [-0.1, -0.05) is 6.92 Å². The normalized spacial score (nSPS) is 10.8. The number of aromatic nitrogens is 3. The first-order valence-electron chi connectivity index (χ1n) is 7.17. The lowest BCUT2D eigenvalue weighted by Gasteiger charge is -2.09. The van der Waals surface area contributed by atoms with E-state index < -0.39 is 0 Å². The number of rotatable bonds is 8. The lowest BCUT2D eigenvalue weighted by atomic mass is 10.3. The van der Waals surface area contributed by atoms with E-state index in [1.165, 1.54) is 0 Å². The highest BCUT2D eigenvalue weighted by molar-refractivity contribution is 5.40. The number of nitrogens with zero attached hydrogens (tertiary/aromatic N) is 3. The van der Waals surface area contributed by atoms with E-state index in [1.54, 1.807) is 23.8 Å². The van der Waals surface area contributed by atoms with Gasteiger partial charge in [0.25, 0.3) is 5.56 Å². The molecule has 0 amide bonds. The molecule has 0 aromatic carbocycles. The van der Waals surface area contributed by atoms with Gasteiger partial charge >= 0.3 is 0 Å². The zero-order valence-electron chi connectivity index (χ0n) is 12.6. The standard InChI is InChI=1S/C15H22N4O2/c1-3-6-19-11-13(10-17-19)9-16-14-4-5-15(20)18(12-14)7-8-21-2/h4-5,10-12,16H,3,6-9H2,1-2H3. The lowest BCUT2D eigenvalue weighted by molar-refractivity contribution is 0.186. The predicted octanol–water partition coefficient (Wildman–Crippen LogP) is 1.71. The van der Waals surface area contributed by atoms with Crippen LogP contribution in [-0.2, 0) is 24.4 Å². The van der Waals surface area contributed by atoms with Crippen molar-refractivity contribution in [1.29, 1.82) is 0 Å². The van der Waals surface area contributed by atoms with Gasteiger partial charge in [0.05, 0.1) is 18.5 Å². The molecule has 0 spiro atoms. The van der Waals surface area contributed by atoms with E-state index in [1.807, 2.05) is 23.3 Å². The van der Waals surface area contributed by atoms with Gasteiger partial charge in [0.1, 0.15) is 0 Å². The van der Waals surface area contributed by atoms with Crippen LogP contribution in [0.15, 0.2) is 35.5 Å². The molecule has 2 aromatic heterocycles. The van der Waals surface area contributed by atoms with Crippen molar-refractivity contribution in [3.8, 4) is 0 Å². The second kappa shape index (κ2) is 7.64. The molecule has 6 heteroatoms. The summed E-state index contributed by atoms with van der Waals surface area (Å²) >= 11 is 0.